The molecule has 0 radical (unpaired) electrons. The minimum atomic E-state index is -3.73. The van der Waals surface area contributed by atoms with Crippen molar-refractivity contribution >= 4 is 21.6 Å². The summed E-state index contributed by atoms with van der Waals surface area (Å²) in [6.45, 7) is 5.54. The largest absolute Gasteiger partial charge is 0.379 e. The Balaban J connectivity index is 1.66. The molecular formula is C22H28N4O5S. The average Bonchev–Trinajstić information content (AvgIpc) is 2.85. The highest BCUT2D eigenvalue weighted by Crippen LogP contribution is 2.28. The SMILES string of the molecule is CC(NC(=O)c1cc(S(=O)(=O)N2CCOCC2)ccc1N1CCOCC1)c1ccccn1. The van der Waals surface area contributed by atoms with Crippen LogP contribution in [0.15, 0.2) is 47.5 Å². The fourth-order valence-corrected chi connectivity index (χ4v) is 5.29. The molecular weight excluding hydrogens is 432 g/mol. The molecule has 2 saturated heterocycles. The number of nitrogens with one attached hydrogen (secondary N) is 1. The highest BCUT2D eigenvalue weighted by molar-refractivity contribution is 7.89. The first-order valence-corrected chi connectivity index (χ1v) is 12.2. The lowest BCUT2D eigenvalue weighted by atomic mass is 10.1. The number of carbonyl (C=O) groups is 1. The van der Waals surface area contributed by atoms with Crippen LogP contribution in [0.5, 0.6) is 0 Å². The van der Waals surface area contributed by atoms with Crippen molar-refractivity contribution in [2.45, 2.75) is 17.9 Å². The summed E-state index contributed by atoms with van der Waals surface area (Å²) in [5.74, 6) is -0.344. The summed E-state index contributed by atoms with van der Waals surface area (Å²) < 4.78 is 38.5. The van der Waals surface area contributed by atoms with Gasteiger partial charge < -0.3 is 19.7 Å². The number of aromatic nitrogens is 1. The molecule has 1 aromatic heterocycles. The Bertz CT molecular complexity index is 1040. The number of sulfonamides is 1. The van der Waals surface area contributed by atoms with Crippen molar-refractivity contribution in [2.75, 3.05) is 57.5 Å². The van der Waals surface area contributed by atoms with Gasteiger partial charge in [0.2, 0.25) is 10.0 Å². The first-order valence-electron chi connectivity index (χ1n) is 10.7. The smallest absolute Gasteiger partial charge is 0.253 e. The van der Waals surface area contributed by atoms with E-state index in [1.807, 2.05) is 25.1 Å². The lowest BCUT2D eigenvalue weighted by Gasteiger charge is -2.31. The normalized spacial score (nSPS) is 18.8. The van der Waals surface area contributed by atoms with Crippen molar-refractivity contribution in [3.63, 3.8) is 0 Å². The molecule has 172 valence electrons. The average molecular weight is 461 g/mol. The zero-order valence-corrected chi connectivity index (χ0v) is 18.9. The van der Waals surface area contributed by atoms with Gasteiger partial charge in [0, 0.05) is 38.1 Å². The van der Waals surface area contributed by atoms with Gasteiger partial charge in [0.1, 0.15) is 0 Å². The highest BCUT2D eigenvalue weighted by atomic mass is 32.2. The van der Waals surface area contributed by atoms with E-state index in [0.29, 0.717) is 63.9 Å². The van der Waals surface area contributed by atoms with E-state index in [-0.39, 0.29) is 16.8 Å². The molecule has 9 nitrogen and oxygen atoms in total. The third kappa shape index (κ3) is 4.93. The third-order valence-electron chi connectivity index (χ3n) is 5.65. The zero-order valence-electron chi connectivity index (χ0n) is 18.1. The van der Waals surface area contributed by atoms with Crippen LogP contribution in [0.3, 0.4) is 0 Å². The Morgan fingerprint density at radius 2 is 1.72 bits per heavy atom. The molecule has 3 heterocycles. The van der Waals surface area contributed by atoms with Crippen LogP contribution in [0, 0.1) is 0 Å². The number of rotatable bonds is 6. The quantitative estimate of drug-likeness (QED) is 0.696. The summed E-state index contributed by atoms with van der Waals surface area (Å²) in [5, 5.41) is 2.96. The van der Waals surface area contributed by atoms with Crippen LogP contribution in [0.4, 0.5) is 5.69 Å². The number of anilines is 1. The van der Waals surface area contributed by atoms with E-state index in [9.17, 15) is 13.2 Å². The maximum Gasteiger partial charge on any atom is 0.253 e. The summed E-state index contributed by atoms with van der Waals surface area (Å²) in [5.41, 5.74) is 1.75. The van der Waals surface area contributed by atoms with Gasteiger partial charge in [-0.25, -0.2) is 8.42 Å². The standard InChI is InChI=1S/C22H28N4O5S/c1-17(20-4-2-3-7-23-20)24-22(27)19-16-18(32(28,29)26-10-14-31-15-11-26)5-6-21(19)25-8-12-30-13-9-25/h2-7,16-17H,8-15H2,1H3,(H,24,27). The first-order chi connectivity index (χ1) is 15.5. The van der Waals surface area contributed by atoms with Crippen molar-refractivity contribution in [3.8, 4) is 0 Å². The monoisotopic (exact) mass is 460 g/mol. The lowest BCUT2D eigenvalue weighted by Crippen LogP contribution is -2.41. The summed E-state index contributed by atoms with van der Waals surface area (Å²) in [7, 11) is -3.73. The molecule has 2 aliphatic heterocycles. The summed E-state index contributed by atoms with van der Waals surface area (Å²) >= 11 is 0. The second-order valence-electron chi connectivity index (χ2n) is 7.74. The van der Waals surface area contributed by atoms with E-state index in [4.69, 9.17) is 9.47 Å². The van der Waals surface area contributed by atoms with Crippen LogP contribution in [0.1, 0.15) is 29.0 Å². The molecule has 0 spiro atoms. The minimum absolute atomic E-state index is 0.104. The molecule has 4 rings (SSSR count). The van der Waals surface area contributed by atoms with Crippen LogP contribution < -0.4 is 10.2 Å². The number of pyridine rings is 1. The predicted molar refractivity (Wildman–Crippen MR) is 119 cm³/mol. The van der Waals surface area contributed by atoms with E-state index in [2.05, 4.69) is 15.2 Å². The van der Waals surface area contributed by atoms with Crippen LogP contribution in [0.25, 0.3) is 0 Å². The van der Waals surface area contributed by atoms with E-state index in [1.165, 1.54) is 10.4 Å². The van der Waals surface area contributed by atoms with Gasteiger partial charge in [0.15, 0.2) is 0 Å². The molecule has 1 aromatic carbocycles. The number of morpholine rings is 2. The Morgan fingerprint density at radius 1 is 1.03 bits per heavy atom. The summed E-state index contributed by atoms with van der Waals surface area (Å²) in [6.07, 6.45) is 1.67. The van der Waals surface area contributed by atoms with E-state index >= 15 is 0 Å². The molecule has 1 atom stereocenters. The molecule has 0 aliphatic carbocycles. The third-order valence-corrected chi connectivity index (χ3v) is 7.55. The zero-order chi connectivity index (χ0) is 22.6. The van der Waals surface area contributed by atoms with Crippen molar-refractivity contribution in [3.05, 3.63) is 53.9 Å². The van der Waals surface area contributed by atoms with Gasteiger partial charge in [0.25, 0.3) is 5.91 Å². The molecule has 1 unspecified atom stereocenters. The van der Waals surface area contributed by atoms with Gasteiger partial charge in [-0.05, 0) is 37.3 Å². The van der Waals surface area contributed by atoms with Crippen molar-refractivity contribution in [2.24, 2.45) is 0 Å². The van der Waals surface area contributed by atoms with Crippen LogP contribution in [0.2, 0.25) is 0 Å². The van der Waals surface area contributed by atoms with Crippen molar-refractivity contribution in [1.82, 2.24) is 14.6 Å². The van der Waals surface area contributed by atoms with Crippen molar-refractivity contribution in [1.29, 1.82) is 0 Å². The Hall–Kier alpha value is -2.53. The fraction of sp³-hybridized carbons (Fsp3) is 0.455. The Labute approximate surface area is 188 Å². The summed E-state index contributed by atoms with van der Waals surface area (Å²) in [4.78, 5) is 19.8. The predicted octanol–water partition coefficient (Wildman–Crippen LogP) is 1.43. The number of carbonyl (C=O) groups excluding carboxylic acids is 1. The van der Waals surface area contributed by atoms with E-state index in [0.717, 1.165) is 5.69 Å². The molecule has 2 aliphatic rings. The maximum atomic E-state index is 13.3. The van der Waals surface area contributed by atoms with E-state index < -0.39 is 10.0 Å². The number of hydrogen-bond donors (Lipinski definition) is 1. The summed E-state index contributed by atoms with van der Waals surface area (Å²) in [6, 6.07) is 9.96. The topological polar surface area (TPSA) is 101 Å². The molecule has 1 N–H and O–H groups in total. The number of hydrogen-bond acceptors (Lipinski definition) is 7. The number of nitrogens with zero attached hydrogens (tertiary/aromatic N) is 3. The van der Waals surface area contributed by atoms with Crippen LogP contribution in [-0.2, 0) is 19.5 Å². The Kier molecular flexibility index (Phi) is 7.04. The number of ether oxygens (including phenoxy) is 2. The molecule has 0 saturated carbocycles. The van der Waals surface area contributed by atoms with Gasteiger partial charge >= 0.3 is 0 Å². The fourth-order valence-electron chi connectivity index (χ4n) is 3.85. The van der Waals surface area contributed by atoms with Gasteiger partial charge in [-0.2, -0.15) is 4.31 Å². The second kappa shape index (κ2) is 9.95. The Morgan fingerprint density at radius 3 is 2.38 bits per heavy atom. The molecule has 10 heteroatoms. The minimum Gasteiger partial charge on any atom is -0.379 e. The van der Waals surface area contributed by atoms with Crippen molar-refractivity contribution < 1.29 is 22.7 Å². The van der Waals surface area contributed by atoms with Gasteiger partial charge in [-0.15, -0.1) is 0 Å². The highest BCUT2D eigenvalue weighted by Gasteiger charge is 2.29. The number of amides is 1. The molecule has 1 amide bonds. The lowest BCUT2D eigenvalue weighted by molar-refractivity contribution is 0.0730. The maximum absolute atomic E-state index is 13.3. The van der Waals surface area contributed by atoms with Gasteiger partial charge in [0.05, 0.1) is 48.6 Å². The van der Waals surface area contributed by atoms with Crippen LogP contribution >= 0.6 is 0 Å². The van der Waals surface area contributed by atoms with E-state index in [1.54, 1.807) is 18.3 Å². The second-order valence-corrected chi connectivity index (χ2v) is 9.68. The van der Waals surface area contributed by atoms with Gasteiger partial charge in [-0.1, -0.05) is 6.07 Å². The first kappa shape index (κ1) is 22.7. The molecule has 2 aromatic rings. The van der Waals surface area contributed by atoms with Crippen LogP contribution in [-0.4, -0.2) is 76.2 Å². The molecule has 0 bridgehead atoms. The number of benzene rings is 1. The molecule has 2 fully saturated rings. The molecule has 32 heavy (non-hydrogen) atoms. The van der Waals surface area contributed by atoms with Gasteiger partial charge in [-0.3, -0.25) is 9.78 Å².